The van der Waals surface area contributed by atoms with Crippen molar-refractivity contribution >= 4 is 11.9 Å². The van der Waals surface area contributed by atoms with Gasteiger partial charge in [0.25, 0.3) is 6.10 Å². The minimum absolute atomic E-state index is 0.135. The van der Waals surface area contributed by atoms with Crippen molar-refractivity contribution in [1.29, 1.82) is 0 Å². The number of carbonyl (C=O) groups excluding carboxylic acids is 2. The maximum Gasteiger partial charge on any atom is 0.346 e. The van der Waals surface area contributed by atoms with Crippen LogP contribution in [0.4, 0.5) is 0 Å². The molecule has 0 saturated heterocycles. The molecule has 0 spiro atoms. The second kappa shape index (κ2) is 6.65. The van der Waals surface area contributed by atoms with Crippen molar-refractivity contribution < 1.29 is 23.8 Å². The minimum Gasteiger partial charge on any atom is -0.467 e. The third-order valence-electron chi connectivity index (χ3n) is 2.09. The Hall–Kier alpha value is -1.88. The molecule has 0 unspecified atom stereocenters. The Morgan fingerprint density at radius 3 is 2.06 bits per heavy atom. The van der Waals surface area contributed by atoms with E-state index in [0.29, 0.717) is 0 Å². The molecule has 1 aromatic rings. The molecular formula is C12H14O5. The van der Waals surface area contributed by atoms with Gasteiger partial charge in [0, 0.05) is 0 Å². The Morgan fingerprint density at radius 2 is 1.59 bits per heavy atom. The lowest BCUT2D eigenvalue weighted by molar-refractivity contribution is -0.171. The van der Waals surface area contributed by atoms with E-state index in [1.807, 2.05) is 30.3 Å². The topological polar surface area (TPSA) is 61.8 Å². The first-order valence-corrected chi connectivity index (χ1v) is 5.00. The summed E-state index contributed by atoms with van der Waals surface area (Å²) in [6, 6.07) is 9.19. The van der Waals surface area contributed by atoms with Crippen LogP contribution in [0.5, 0.6) is 0 Å². The molecule has 0 aliphatic heterocycles. The molecule has 0 N–H and O–H groups in total. The molecule has 0 atom stereocenters. The van der Waals surface area contributed by atoms with Crippen LogP contribution in [0, 0.1) is 0 Å². The van der Waals surface area contributed by atoms with Gasteiger partial charge in [0.15, 0.2) is 0 Å². The first-order chi connectivity index (χ1) is 8.19. The van der Waals surface area contributed by atoms with Gasteiger partial charge in [-0.05, 0) is 5.56 Å². The van der Waals surface area contributed by atoms with Gasteiger partial charge in [0.2, 0.25) is 0 Å². The number of esters is 2. The lowest BCUT2D eigenvalue weighted by Crippen LogP contribution is -2.34. The summed E-state index contributed by atoms with van der Waals surface area (Å²) in [7, 11) is 2.37. The van der Waals surface area contributed by atoms with E-state index < -0.39 is 18.0 Å². The van der Waals surface area contributed by atoms with Crippen LogP contribution in [-0.4, -0.2) is 32.3 Å². The maximum atomic E-state index is 11.3. The van der Waals surface area contributed by atoms with E-state index in [4.69, 9.17) is 4.74 Å². The Bertz CT molecular complexity index is 358. The monoisotopic (exact) mass is 238 g/mol. The summed E-state index contributed by atoms with van der Waals surface area (Å²) in [5, 5.41) is 0. The van der Waals surface area contributed by atoms with Gasteiger partial charge in [-0.3, -0.25) is 0 Å². The van der Waals surface area contributed by atoms with Crippen molar-refractivity contribution in [2.75, 3.05) is 14.2 Å². The summed E-state index contributed by atoms with van der Waals surface area (Å²) in [5.74, 6) is -1.54. The highest BCUT2D eigenvalue weighted by Crippen LogP contribution is 2.05. The van der Waals surface area contributed by atoms with Crippen LogP contribution in [0.15, 0.2) is 30.3 Å². The van der Waals surface area contributed by atoms with Gasteiger partial charge >= 0.3 is 11.9 Å². The molecule has 17 heavy (non-hydrogen) atoms. The van der Waals surface area contributed by atoms with Crippen LogP contribution in [0.3, 0.4) is 0 Å². The zero-order chi connectivity index (χ0) is 12.7. The van der Waals surface area contributed by atoms with Crippen LogP contribution >= 0.6 is 0 Å². The van der Waals surface area contributed by atoms with Crippen LogP contribution in [-0.2, 0) is 30.4 Å². The average molecular weight is 238 g/mol. The first kappa shape index (κ1) is 13.2. The zero-order valence-corrected chi connectivity index (χ0v) is 9.71. The summed E-state index contributed by atoms with van der Waals surface area (Å²) < 4.78 is 14.1. The lowest BCUT2D eigenvalue weighted by atomic mass is 10.2. The van der Waals surface area contributed by atoms with Crippen molar-refractivity contribution in [2.45, 2.75) is 12.7 Å². The number of hydrogen-bond donors (Lipinski definition) is 0. The Morgan fingerprint density at radius 1 is 1.06 bits per heavy atom. The van der Waals surface area contributed by atoms with Gasteiger partial charge in [0.05, 0.1) is 20.8 Å². The largest absolute Gasteiger partial charge is 0.467 e. The minimum atomic E-state index is -1.34. The molecule has 1 rings (SSSR count). The van der Waals surface area contributed by atoms with Crippen molar-refractivity contribution in [2.24, 2.45) is 0 Å². The van der Waals surface area contributed by atoms with Crippen LogP contribution in [0.1, 0.15) is 5.56 Å². The van der Waals surface area contributed by atoms with Crippen molar-refractivity contribution in [3.05, 3.63) is 35.9 Å². The summed E-state index contributed by atoms with van der Waals surface area (Å²) in [6.45, 7) is 0.135. The third-order valence-corrected chi connectivity index (χ3v) is 2.09. The predicted octanol–water partition coefficient (Wildman–Crippen LogP) is 0.918. The standard InChI is InChI=1S/C12H14O5/c1-15-11(13)10(12(14)16-2)17-8-9-6-4-3-5-7-9/h3-7,10H,8H2,1-2H3. The van der Waals surface area contributed by atoms with E-state index in [9.17, 15) is 9.59 Å². The number of ether oxygens (including phenoxy) is 3. The Kier molecular flexibility index (Phi) is 5.16. The van der Waals surface area contributed by atoms with Gasteiger partial charge in [-0.15, -0.1) is 0 Å². The Balaban J connectivity index is 2.61. The fraction of sp³-hybridized carbons (Fsp3) is 0.333. The number of benzene rings is 1. The number of rotatable bonds is 5. The molecule has 0 aliphatic carbocycles. The normalized spacial score (nSPS) is 10.1. The van der Waals surface area contributed by atoms with Gasteiger partial charge in [-0.1, -0.05) is 30.3 Å². The fourth-order valence-corrected chi connectivity index (χ4v) is 1.20. The fourth-order valence-electron chi connectivity index (χ4n) is 1.20. The summed E-state index contributed by atoms with van der Waals surface area (Å²) in [5.41, 5.74) is 0.852. The number of carbonyl (C=O) groups is 2. The summed E-state index contributed by atoms with van der Waals surface area (Å²) in [6.07, 6.45) is -1.34. The van der Waals surface area contributed by atoms with E-state index in [0.717, 1.165) is 5.56 Å². The van der Waals surface area contributed by atoms with Crippen LogP contribution in [0.2, 0.25) is 0 Å². The SMILES string of the molecule is COC(=O)C(OCc1ccccc1)C(=O)OC. The second-order valence-electron chi connectivity index (χ2n) is 3.22. The van der Waals surface area contributed by atoms with Crippen molar-refractivity contribution in [3.63, 3.8) is 0 Å². The highest BCUT2D eigenvalue weighted by atomic mass is 16.6. The van der Waals surface area contributed by atoms with Crippen molar-refractivity contribution in [1.82, 2.24) is 0 Å². The molecule has 0 amide bonds. The second-order valence-corrected chi connectivity index (χ2v) is 3.22. The van der Waals surface area contributed by atoms with Gasteiger partial charge in [-0.2, -0.15) is 0 Å². The van der Waals surface area contributed by atoms with Crippen molar-refractivity contribution in [3.8, 4) is 0 Å². The Labute approximate surface area is 99.3 Å². The van der Waals surface area contributed by atoms with Crippen LogP contribution in [0.25, 0.3) is 0 Å². The number of methoxy groups -OCH3 is 2. The molecule has 0 heterocycles. The van der Waals surface area contributed by atoms with Gasteiger partial charge < -0.3 is 14.2 Å². The van der Waals surface area contributed by atoms with E-state index in [2.05, 4.69) is 9.47 Å². The molecule has 1 aromatic carbocycles. The van der Waals surface area contributed by atoms with E-state index >= 15 is 0 Å². The van der Waals surface area contributed by atoms with Gasteiger partial charge in [-0.25, -0.2) is 9.59 Å². The van der Waals surface area contributed by atoms with Gasteiger partial charge in [0.1, 0.15) is 0 Å². The third kappa shape index (κ3) is 3.88. The predicted molar refractivity (Wildman–Crippen MR) is 59.1 cm³/mol. The molecule has 0 saturated carbocycles. The quantitative estimate of drug-likeness (QED) is 0.563. The van der Waals surface area contributed by atoms with E-state index in [-0.39, 0.29) is 6.61 Å². The molecular weight excluding hydrogens is 224 g/mol. The molecule has 0 fully saturated rings. The first-order valence-electron chi connectivity index (χ1n) is 5.00. The van der Waals surface area contributed by atoms with E-state index in [1.165, 1.54) is 14.2 Å². The summed E-state index contributed by atoms with van der Waals surface area (Å²) in [4.78, 5) is 22.6. The molecule has 92 valence electrons. The molecule has 0 aromatic heterocycles. The number of hydrogen-bond acceptors (Lipinski definition) is 5. The smallest absolute Gasteiger partial charge is 0.346 e. The highest BCUT2D eigenvalue weighted by molar-refractivity contribution is 5.97. The molecule has 0 bridgehead atoms. The average Bonchev–Trinajstić information content (AvgIpc) is 2.39. The summed E-state index contributed by atoms with van der Waals surface area (Å²) >= 11 is 0. The van der Waals surface area contributed by atoms with Crippen LogP contribution < -0.4 is 0 Å². The molecule has 0 aliphatic rings. The zero-order valence-electron chi connectivity index (χ0n) is 9.71. The highest BCUT2D eigenvalue weighted by Gasteiger charge is 2.29. The molecule has 5 heteroatoms. The lowest BCUT2D eigenvalue weighted by Gasteiger charge is -2.13. The van der Waals surface area contributed by atoms with E-state index in [1.54, 1.807) is 0 Å². The maximum absolute atomic E-state index is 11.3. The molecule has 0 radical (unpaired) electrons. The molecule has 5 nitrogen and oxygen atoms in total.